The summed E-state index contributed by atoms with van der Waals surface area (Å²) in [5.74, 6) is -0.876. The number of imide groups is 1. The molecule has 0 bridgehead atoms. The number of aromatic nitrogens is 2. The number of rotatable bonds is 6. The van der Waals surface area contributed by atoms with Crippen molar-refractivity contribution in [2.24, 2.45) is 0 Å². The van der Waals surface area contributed by atoms with E-state index in [1.807, 2.05) is 12.3 Å². The second-order valence-corrected chi connectivity index (χ2v) is 5.18. The van der Waals surface area contributed by atoms with Crippen LogP contribution in [0.15, 0.2) is 42.7 Å². The van der Waals surface area contributed by atoms with Crippen LogP contribution in [-0.2, 0) is 11.3 Å². The third-order valence-corrected chi connectivity index (χ3v) is 3.66. The van der Waals surface area contributed by atoms with E-state index in [4.69, 9.17) is 0 Å². The first-order chi connectivity index (χ1) is 11.2. The summed E-state index contributed by atoms with van der Waals surface area (Å²) in [5.41, 5.74) is 0.799. The molecule has 1 aliphatic heterocycles. The van der Waals surface area contributed by atoms with Crippen molar-refractivity contribution < 1.29 is 14.4 Å². The number of nitrogens with zero attached hydrogens (tertiary/aromatic N) is 3. The van der Waals surface area contributed by atoms with E-state index in [9.17, 15) is 14.4 Å². The van der Waals surface area contributed by atoms with Crippen molar-refractivity contribution in [1.29, 1.82) is 0 Å². The quantitative estimate of drug-likeness (QED) is 0.795. The molecular weight excluding hydrogens is 296 g/mol. The van der Waals surface area contributed by atoms with Gasteiger partial charge in [-0.15, -0.1) is 0 Å². The van der Waals surface area contributed by atoms with Gasteiger partial charge in [-0.1, -0.05) is 12.1 Å². The van der Waals surface area contributed by atoms with Gasteiger partial charge in [0.15, 0.2) is 0 Å². The molecule has 0 radical (unpaired) electrons. The number of hydrogen-bond donors (Lipinski definition) is 1. The standard InChI is InChI=1S/C16H16N4O3/c21-14(17-8-11-19-9-3-7-18-19)6-10-20-15(22)12-4-1-2-5-13(12)16(20)23/h1-5,7,9H,6,8,10-11H2,(H,17,21). The van der Waals surface area contributed by atoms with Crippen LogP contribution in [0.25, 0.3) is 0 Å². The largest absolute Gasteiger partial charge is 0.354 e. The first kappa shape index (κ1) is 15.0. The predicted molar refractivity (Wildman–Crippen MR) is 81.7 cm³/mol. The molecular formula is C16H16N4O3. The Balaban J connectivity index is 1.48. The smallest absolute Gasteiger partial charge is 0.261 e. The second-order valence-electron chi connectivity index (χ2n) is 5.18. The van der Waals surface area contributed by atoms with Gasteiger partial charge in [-0.25, -0.2) is 0 Å². The van der Waals surface area contributed by atoms with Gasteiger partial charge >= 0.3 is 0 Å². The van der Waals surface area contributed by atoms with Gasteiger partial charge in [-0.2, -0.15) is 5.10 Å². The van der Waals surface area contributed by atoms with Crippen LogP contribution >= 0.6 is 0 Å². The van der Waals surface area contributed by atoms with E-state index in [1.54, 1.807) is 35.1 Å². The van der Waals surface area contributed by atoms with Crippen molar-refractivity contribution in [2.45, 2.75) is 13.0 Å². The van der Waals surface area contributed by atoms with Crippen molar-refractivity contribution in [2.75, 3.05) is 13.1 Å². The van der Waals surface area contributed by atoms with Crippen molar-refractivity contribution in [3.8, 4) is 0 Å². The number of benzene rings is 1. The topological polar surface area (TPSA) is 84.3 Å². The third-order valence-electron chi connectivity index (χ3n) is 3.66. The average molecular weight is 312 g/mol. The highest BCUT2D eigenvalue weighted by Gasteiger charge is 2.34. The maximum Gasteiger partial charge on any atom is 0.261 e. The van der Waals surface area contributed by atoms with E-state index in [-0.39, 0.29) is 30.7 Å². The Bertz CT molecular complexity index is 705. The molecule has 1 aliphatic rings. The SMILES string of the molecule is O=C(CCN1C(=O)c2ccccc2C1=O)NCCn1cccn1. The molecule has 3 rings (SSSR count). The van der Waals surface area contributed by atoms with Gasteiger partial charge in [0.25, 0.3) is 11.8 Å². The highest BCUT2D eigenvalue weighted by atomic mass is 16.2. The Morgan fingerprint density at radius 1 is 1.04 bits per heavy atom. The number of hydrogen-bond acceptors (Lipinski definition) is 4. The average Bonchev–Trinajstić information content (AvgIpc) is 3.15. The molecule has 0 unspecified atom stereocenters. The fraction of sp³-hybridized carbons (Fsp3) is 0.250. The first-order valence-corrected chi connectivity index (χ1v) is 7.36. The number of fused-ring (bicyclic) bond motifs is 1. The minimum absolute atomic E-state index is 0.0833. The van der Waals surface area contributed by atoms with Gasteiger partial charge in [-0.3, -0.25) is 24.0 Å². The zero-order chi connectivity index (χ0) is 16.2. The summed E-state index contributed by atoms with van der Waals surface area (Å²) >= 11 is 0. The van der Waals surface area contributed by atoms with Gasteiger partial charge < -0.3 is 5.32 Å². The monoisotopic (exact) mass is 312 g/mol. The van der Waals surface area contributed by atoms with Crippen LogP contribution in [0.2, 0.25) is 0 Å². The van der Waals surface area contributed by atoms with Crippen LogP contribution in [0.1, 0.15) is 27.1 Å². The van der Waals surface area contributed by atoms with Crippen molar-refractivity contribution in [3.63, 3.8) is 0 Å². The maximum absolute atomic E-state index is 12.2. The van der Waals surface area contributed by atoms with Crippen LogP contribution in [0.4, 0.5) is 0 Å². The molecule has 7 heteroatoms. The van der Waals surface area contributed by atoms with Crippen LogP contribution in [0, 0.1) is 0 Å². The summed E-state index contributed by atoms with van der Waals surface area (Å²) in [6, 6.07) is 8.49. The zero-order valence-corrected chi connectivity index (χ0v) is 12.4. The fourth-order valence-corrected chi connectivity index (χ4v) is 2.49. The van der Waals surface area contributed by atoms with E-state index < -0.39 is 0 Å². The number of carbonyl (C=O) groups excluding carboxylic acids is 3. The predicted octanol–water partition coefficient (Wildman–Crippen LogP) is 0.686. The fourth-order valence-electron chi connectivity index (χ4n) is 2.49. The van der Waals surface area contributed by atoms with Gasteiger partial charge in [0.05, 0.1) is 17.7 Å². The molecule has 0 saturated carbocycles. The Labute approximate surface area is 132 Å². The van der Waals surface area contributed by atoms with Crippen molar-refractivity contribution in [1.82, 2.24) is 20.0 Å². The highest BCUT2D eigenvalue weighted by Crippen LogP contribution is 2.22. The Morgan fingerprint density at radius 2 is 1.74 bits per heavy atom. The van der Waals surface area contributed by atoms with E-state index in [0.717, 1.165) is 4.90 Å². The van der Waals surface area contributed by atoms with E-state index in [2.05, 4.69) is 10.4 Å². The lowest BCUT2D eigenvalue weighted by Crippen LogP contribution is -2.35. The van der Waals surface area contributed by atoms with Crippen LogP contribution in [0.3, 0.4) is 0 Å². The molecule has 0 spiro atoms. The van der Waals surface area contributed by atoms with Gasteiger partial charge in [-0.05, 0) is 18.2 Å². The van der Waals surface area contributed by atoms with Gasteiger partial charge in [0.2, 0.25) is 5.91 Å². The summed E-state index contributed by atoms with van der Waals surface area (Å²) in [6.07, 6.45) is 3.57. The molecule has 0 atom stereocenters. The molecule has 0 saturated heterocycles. The summed E-state index contributed by atoms with van der Waals surface area (Å²) in [7, 11) is 0. The Hall–Kier alpha value is -2.96. The molecule has 23 heavy (non-hydrogen) atoms. The number of carbonyl (C=O) groups is 3. The molecule has 2 aromatic rings. The van der Waals surface area contributed by atoms with E-state index in [1.165, 1.54) is 0 Å². The van der Waals surface area contributed by atoms with Crippen molar-refractivity contribution in [3.05, 3.63) is 53.9 Å². The molecule has 2 heterocycles. The highest BCUT2D eigenvalue weighted by molar-refractivity contribution is 6.21. The summed E-state index contributed by atoms with van der Waals surface area (Å²) in [6.45, 7) is 1.11. The summed E-state index contributed by atoms with van der Waals surface area (Å²) in [5, 5.41) is 6.78. The number of nitrogens with one attached hydrogen (secondary N) is 1. The summed E-state index contributed by atoms with van der Waals surface area (Å²) < 4.78 is 1.71. The zero-order valence-electron chi connectivity index (χ0n) is 12.4. The third kappa shape index (κ3) is 3.13. The lowest BCUT2D eigenvalue weighted by atomic mass is 10.1. The minimum Gasteiger partial charge on any atom is -0.354 e. The molecule has 118 valence electrons. The van der Waals surface area contributed by atoms with Gasteiger partial charge in [0.1, 0.15) is 0 Å². The van der Waals surface area contributed by atoms with Crippen molar-refractivity contribution >= 4 is 17.7 Å². The van der Waals surface area contributed by atoms with E-state index in [0.29, 0.717) is 24.2 Å². The van der Waals surface area contributed by atoms with Crippen LogP contribution in [0.5, 0.6) is 0 Å². The molecule has 3 amide bonds. The normalized spacial score (nSPS) is 13.3. The Kier molecular flexibility index (Phi) is 4.18. The van der Waals surface area contributed by atoms with E-state index >= 15 is 0 Å². The molecule has 0 aliphatic carbocycles. The lowest BCUT2D eigenvalue weighted by Gasteiger charge is -2.13. The molecule has 1 aromatic heterocycles. The second kappa shape index (κ2) is 6.43. The van der Waals surface area contributed by atoms with Gasteiger partial charge in [0, 0.05) is 31.9 Å². The molecule has 7 nitrogen and oxygen atoms in total. The van der Waals surface area contributed by atoms with Crippen LogP contribution < -0.4 is 5.32 Å². The minimum atomic E-state index is -0.338. The number of amides is 3. The molecule has 1 aromatic carbocycles. The van der Waals surface area contributed by atoms with Crippen LogP contribution in [-0.4, -0.2) is 45.5 Å². The molecule has 0 fully saturated rings. The summed E-state index contributed by atoms with van der Waals surface area (Å²) in [4.78, 5) is 37.2. The maximum atomic E-state index is 12.2. The lowest BCUT2D eigenvalue weighted by molar-refractivity contribution is -0.121. The first-order valence-electron chi connectivity index (χ1n) is 7.36. The molecule has 1 N–H and O–H groups in total. The Morgan fingerprint density at radius 3 is 2.35 bits per heavy atom.